The molecule has 1 rings (SSSR count). The van der Waals surface area contributed by atoms with Gasteiger partial charge in [-0.25, -0.2) is 0 Å². The molecule has 1 aromatic rings. The summed E-state index contributed by atoms with van der Waals surface area (Å²) < 4.78 is 0. The van der Waals surface area contributed by atoms with Gasteiger partial charge in [0.2, 0.25) is 5.91 Å². The van der Waals surface area contributed by atoms with Crippen LogP contribution in [0.3, 0.4) is 0 Å². The molecule has 0 fully saturated rings. The van der Waals surface area contributed by atoms with Crippen LogP contribution in [0.1, 0.15) is 25.5 Å². The lowest BCUT2D eigenvalue weighted by atomic mass is 10.1. The number of rotatable bonds is 7. The van der Waals surface area contributed by atoms with Crippen molar-refractivity contribution in [3.8, 4) is 0 Å². The van der Waals surface area contributed by atoms with E-state index < -0.39 is 6.10 Å². The maximum absolute atomic E-state index is 10.9. The second kappa shape index (κ2) is 7.89. The summed E-state index contributed by atoms with van der Waals surface area (Å²) in [5.74, 6) is -0.117. The minimum atomic E-state index is -0.599. The van der Waals surface area contributed by atoms with Crippen molar-refractivity contribution < 1.29 is 15.0 Å². The van der Waals surface area contributed by atoms with Crippen LogP contribution in [-0.2, 0) is 4.79 Å². The van der Waals surface area contributed by atoms with E-state index >= 15 is 0 Å². The lowest BCUT2D eigenvalue weighted by molar-refractivity contribution is -0.114. The molecule has 5 nitrogen and oxygen atoms in total. The summed E-state index contributed by atoms with van der Waals surface area (Å²) in [4.78, 5) is 12.9. The first-order chi connectivity index (χ1) is 9.06. The summed E-state index contributed by atoms with van der Waals surface area (Å²) in [6, 6.07) is 7.12. The van der Waals surface area contributed by atoms with Crippen LogP contribution in [0.4, 0.5) is 5.69 Å². The fourth-order valence-electron chi connectivity index (χ4n) is 1.86. The van der Waals surface area contributed by atoms with Crippen LogP contribution in [0.15, 0.2) is 24.3 Å². The molecular formula is C14H22N2O3. The number of hydrogen-bond donors (Lipinski definition) is 3. The number of carbonyl (C=O) groups excluding carboxylic acids is 1. The minimum Gasteiger partial charge on any atom is -0.395 e. The summed E-state index contributed by atoms with van der Waals surface area (Å²) in [6.45, 7) is 5.34. The monoisotopic (exact) mass is 266 g/mol. The summed E-state index contributed by atoms with van der Waals surface area (Å²) in [7, 11) is 0. The highest BCUT2D eigenvalue weighted by molar-refractivity contribution is 5.88. The molecule has 0 aromatic heterocycles. The van der Waals surface area contributed by atoms with Gasteiger partial charge in [0.1, 0.15) is 0 Å². The Morgan fingerprint density at radius 3 is 2.47 bits per heavy atom. The van der Waals surface area contributed by atoms with Gasteiger partial charge in [-0.3, -0.25) is 9.69 Å². The van der Waals surface area contributed by atoms with Crippen LogP contribution in [0.5, 0.6) is 0 Å². The highest BCUT2D eigenvalue weighted by Gasteiger charge is 2.12. The van der Waals surface area contributed by atoms with Crippen molar-refractivity contribution in [3.63, 3.8) is 0 Å². The molecule has 1 amide bonds. The third-order valence-electron chi connectivity index (χ3n) is 2.91. The number of benzene rings is 1. The standard InChI is InChI=1S/C14H22N2O3/c1-3-16(8-9-17)10-14(19)12-4-6-13(7-5-12)15-11(2)18/h4-7,14,17,19H,3,8-10H2,1-2H3,(H,15,18). The van der Waals surface area contributed by atoms with Gasteiger partial charge in [0.15, 0.2) is 0 Å². The average molecular weight is 266 g/mol. The number of aliphatic hydroxyl groups is 2. The molecular weight excluding hydrogens is 244 g/mol. The van der Waals surface area contributed by atoms with Gasteiger partial charge >= 0.3 is 0 Å². The highest BCUT2D eigenvalue weighted by atomic mass is 16.3. The molecule has 0 aliphatic heterocycles. The Hall–Kier alpha value is -1.43. The van der Waals surface area contributed by atoms with E-state index in [4.69, 9.17) is 5.11 Å². The zero-order valence-corrected chi connectivity index (χ0v) is 11.5. The van der Waals surface area contributed by atoms with Gasteiger partial charge in [-0.05, 0) is 24.2 Å². The average Bonchev–Trinajstić information content (AvgIpc) is 2.38. The predicted octanol–water partition coefficient (Wildman–Crippen LogP) is 0.993. The molecule has 3 N–H and O–H groups in total. The molecule has 1 atom stereocenters. The number of nitrogens with one attached hydrogen (secondary N) is 1. The molecule has 1 unspecified atom stereocenters. The second-order valence-corrected chi connectivity index (χ2v) is 4.44. The van der Waals surface area contributed by atoms with Crippen LogP contribution in [-0.4, -0.2) is 47.3 Å². The van der Waals surface area contributed by atoms with E-state index in [0.717, 1.165) is 12.1 Å². The second-order valence-electron chi connectivity index (χ2n) is 4.44. The summed E-state index contributed by atoms with van der Waals surface area (Å²) in [5.41, 5.74) is 1.51. The number of nitrogens with zero attached hydrogens (tertiary/aromatic N) is 1. The van der Waals surface area contributed by atoms with Gasteiger partial charge in [-0.2, -0.15) is 0 Å². The van der Waals surface area contributed by atoms with Crippen LogP contribution in [0.25, 0.3) is 0 Å². The molecule has 0 aliphatic rings. The minimum absolute atomic E-state index is 0.0853. The lowest BCUT2D eigenvalue weighted by Crippen LogP contribution is -2.31. The zero-order valence-electron chi connectivity index (χ0n) is 11.5. The molecule has 0 saturated heterocycles. The van der Waals surface area contributed by atoms with Crippen molar-refractivity contribution in [2.75, 3.05) is 31.6 Å². The van der Waals surface area contributed by atoms with E-state index in [0.29, 0.717) is 18.8 Å². The third kappa shape index (κ3) is 5.38. The molecule has 0 saturated carbocycles. The summed E-state index contributed by atoms with van der Waals surface area (Å²) in [6.07, 6.45) is -0.599. The smallest absolute Gasteiger partial charge is 0.221 e. The van der Waals surface area contributed by atoms with Crippen LogP contribution in [0, 0.1) is 0 Å². The van der Waals surface area contributed by atoms with Gasteiger partial charge in [-0.1, -0.05) is 19.1 Å². The van der Waals surface area contributed by atoms with Crippen molar-refractivity contribution in [2.24, 2.45) is 0 Å². The lowest BCUT2D eigenvalue weighted by Gasteiger charge is -2.22. The SMILES string of the molecule is CCN(CCO)CC(O)c1ccc(NC(C)=O)cc1. The normalized spacial score (nSPS) is 12.5. The molecule has 0 aliphatic carbocycles. The Kier molecular flexibility index (Phi) is 6.49. The van der Waals surface area contributed by atoms with Crippen LogP contribution in [0.2, 0.25) is 0 Å². The molecule has 106 valence electrons. The molecule has 0 spiro atoms. The molecule has 1 aromatic carbocycles. The van der Waals surface area contributed by atoms with E-state index in [-0.39, 0.29) is 12.5 Å². The number of hydrogen-bond acceptors (Lipinski definition) is 4. The van der Waals surface area contributed by atoms with E-state index in [1.807, 2.05) is 11.8 Å². The van der Waals surface area contributed by atoms with E-state index in [9.17, 15) is 9.90 Å². The maximum atomic E-state index is 10.9. The fraction of sp³-hybridized carbons (Fsp3) is 0.500. The topological polar surface area (TPSA) is 72.8 Å². The van der Waals surface area contributed by atoms with E-state index in [1.165, 1.54) is 6.92 Å². The van der Waals surface area contributed by atoms with Crippen molar-refractivity contribution in [2.45, 2.75) is 20.0 Å². The van der Waals surface area contributed by atoms with Crippen molar-refractivity contribution in [3.05, 3.63) is 29.8 Å². The Morgan fingerprint density at radius 2 is 2.00 bits per heavy atom. The van der Waals surface area contributed by atoms with Crippen molar-refractivity contribution in [1.82, 2.24) is 4.90 Å². The third-order valence-corrected chi connectivity index (χ3v) is 2.91. The van der Waals surface area contributed by atoms with Gasteiger partial charge in [0.05, 0.1) is 12.7 Å². The van der Waals surface area contributed by atoms with Gasteiger partial charge in [0.25, 0.3) is 0 Å². The number of carbonyl (C=O) groups is 1. The predicted molar refractivity (Wildman–Crippen MR) is 74.9 cm³/mol. The van der Waals surface area contributed by atoms with Gasteiger partial charge in [0, 0.05) is 25.7 Å². The van der Waals surface area contributed by atoms with Crippen LogP contribution >= 0.6 is 0 Å². The van der Waals surface area contributed by atoms with Crippen LogP contribution < -0.4 is 5.32 Å². The first-order valence-corrected chi connectivity index (χ1v) is 6.45. The number of aliphatic hydroxyl groups excluding tert-OH is 2. The number of amides is 1. The molecule has 19 heavy (non-hydrogen) atoms. The Balaban J connectivity index is 2.61. The number of anilines is 1. The van der Waals surface area contributed by atoms with Gasteiger partial charge in [-0.15, -0.1) is 0 Å². The molecule has 0 bridgehead atoms. The van der Waals surface area contributed by atoms with E-state index in [1.54, 1.807) is 24.3 Å². The Morgan fingerprint density at radius 1 is 1.37 bits per heavy atom. The Labute approximate surface area is 113 Å². The largest absolute Gasteiger partial charge is 0.395 e. The maximum Gasteiger partial charge on any atom is 0.221 e. The first-order valence-electron chi connectivity index (χ1n) is 6.45. The quantitative estimate of drug-likeness (QED) is 0.688. The van der Waals surface area contributed by atoms with Gasteiger partial charge < -0.3 is 15.5 Å². The molecule has 5 heteroatoms. The van der Waals surface area contributed by atoms with E-state index in [2.05, 4.69) is 5.32 Å². The highest BCUT2D eigenvalue weighted by Crippen LogP contribution is 2.17. The first kappa shape index (κ1) is 15.6. The zero-order chi connectivity index (χ0) is 14.3. The summed E-state index contributed by atoms with van der Waals surface area (Å²) in [5, 5.41) is 21.7. The Bertz CT molecular complexity index is 392. The fourth-order valence-corrected chi connectivity index (χ4v) is 1.86. The molecule has 0 radical (unpaired) electrons. The van der Waals surface area contributed by atoms with Crippen molar-refractivity contribution >= 4 is 11.6 Å². The number of likely N-dealkylation sites (N-methyl/N-ethyl adjacent to an activating group) is 1. The molecule has 0 heterocycles. The van der Waals surface area contributed by atoms with Crippen molar-refractivity contribution in [1.29, 1.82) is 0 Å². The summed E-state index contributed by atoms with van der Waals surface area (Å²) >= 11 is 0.